The van der Waals surface area contributed by atoms with Gasteiger partial charge in [0.2, 0.25) is 5.24 Å². The van der Waals surface area contributed by atoms with Crippen LogP contribution in [0.2, 0.25) is 0 Å². The maximum absolute atomic E-state index is 11.6. The van der Waals surface area contributed by atoms with Crippen LogP contribution < -0.4 is 5.73 Å². The number of alkyl halides is 1. The largest absolute Gasteiger partial charge is 0.325 e. The standard InChI is InChI=1S/C5H9ClFNO/c6-5(9)2-1-4(8)3-7/h4H,1-3,8H2. The first-order chi connectivity index (χ1) is 4.16. The minimum Gasteiger partial charge on any atom is -0.325 e. The van der Waals surface area contributed by atoms with Gasteiger partial charge in [0.1, 0.15) is 6.67 Å². The van der Waals surface area contributed by atoms with E-state index >= 15 is 0 Å². The van der Waals surface area contributed by atoms with Gasteiger partial charge in [-0.05, 0) is 18.0 Å². The SMILES string of the molecule is NC(CF)CCC(=O)Cl. The van der Waals surface area contributed by atoms with Crippen molar-refractivity contribution in [3.8, 4) is 0 Å². The summed E-state index contributed by atoms with van der Waals surface area (Å²) in [6.45, 7) is -0.593. The molecule has 0 saturated carbocycles. The van der Waals surface area contributed by atoms with Gasteiger partial charge in [0.15, 0.2) is 0 Å². The average molecular weight is 154 g/mol. The molecule has 0 aromatic heterocycles. The van der Waals surface area contributed by atoms with Crippen molar-refractivity contribution in [3.05, 3.63) is 0 Å². The quantitative estimate of drug-likeness (QED) is 0.608. The second-order valence-electron chi connectivity index (χ2n) is 1.81. The van der Waals surface area contributed by atoms with Crippen molar-refractivity contribution in [2.45, 2.75) is 18.9 Å². The number of halogens is 2. The minimum absolute atomic E-state index is 0.159. The Morgan fingerprint density at radius 1 is 1.78 bits per heavy atom. The lowest BCUT2D eigenvalue weighted by Gasteiger charge is -2.01. The minimum atomic E-state index is -0.593. The predicted octanol–water partition coefficient (Wildman–Crippen LogP) is 0.829. The summed E-state index contributed by atoms with van der Waals surface area (Å²) in [5.41, 5.74) is 5.14. The Morgan fingerprint density at radius 2 is 2.33 bits per heavy atom. The zero-order valence-corrected chi connectivity index (χ0v) is 5.70. The molecule has 0 saturated heterocycles. The molecule has 1 atom stereocenters. The fourth-order valence-corrected chi connectivity index (χ4v) is 0.485. The monoisotopic (exact) mass is 153 g/mol. The fourth-order valence-electron chi connectivity index (χ4n) is 0.376. The van der Waals surface area contributed by atoms with Crippen LogP contribution in [0.1, 0.15) is 12.8 Å². The first-order valence-electron chi connectivity index (χ1n) is 2.66. The molecule has 54 valence electrons. The molecule has 0 heterocycles. The van der Waals surface area contributed by atoms with Crippen LogP contribution in [0, 0.1) is 0 Å². The maximum Gasteiger partial charge on any atom is 0.221 e. The molecule has 4 heteroatoms. The Bertz CT molecular complexity index is 99.0. The maximum atomic E-state index is 11.6. The Kier molecular flexibility index (Phi) is 4.62. The van der Waals surface area contributed by atoms with Gasteiger partial charge in [0.05, 0.1) is 0 Å². The summed E-state index contributed by atoms with van der Waals surface area (Å²) in [7, 11) is 0. The van der Waals surface area contributed by atoms with E-state index in [9.17, 15) is 9.18 Å². The summed E-state index contributed by atoms with van der Waals surface area (Å²) in [6.07, 6.45) is 0.492. The highest BCUT2D eigenvalue weighted by atomic mass is 35.5. The van der Waals surface area contributed by atoms with E-state index < -0.39 is 18.0 Å². The summed E-state index contributed by atoms with van der Waals surface area (Å²) in [4.78, 5) is 10.1. The summed E-state index contributed by atoms with van der Waals surface area (Å²) in [5.74, 6) is 0. The van der Waals surface area contributed by atoms with Gasteiger partial charge in [-0.3, -0.25) is 4.79 Å². The van der Waals surface area contributed by atoms with E-state index in [1.165, 1.54) is 0 Å². The zero-order valence-electron chi connectivity index (χ0n) is 4.94. The van der Waals surface area contributed by atoms with Crippen molar-refractivity contribution >= 4 is 16.8 Å². The lowest BCUT2D eigenvalue weighted by molar-refractivity contribution is -0.111. The van der Waals surface area contributed by atoms with Gasteiger partial charge >= 0.3 is 0 Å². The fraction of sp³-hybridized carbons (Fsp3) is 0.800. The number of hydrogen-bond donors (Lipinski definition) is 1. The van der Waals surface area contributed by atoms with E-state index in [4.69, 9.17) is 17.3 Å². The molecule has 0 fully saturated rings. The Labute approximate surface area is 58.2 Å². The molecule has 0 aliphatic rings. The van der Waals surface area contributed by atoms with Crippen molar-refractivity contribution in [1.29, 1.82) is 0 Å². The third-order valence-electron chi connectivity index (χ3n) is 0.910. The number of rotatable bonds is 4. The number of carbonyl (C=O) groups is 1. The molecule has 2 nitrogen and oxygen atoms in total. The summed E-state index contributed by atoms with van der Waals surface area (Å²) >= 11 is 4.96. The molecule has 0 amide bonds. The highest BCUT2D eigenvalue weighted by Crippen LogP contribution is 1.98. The van der Waals surface area contributed by atoms with Crippen LogP contribution in [0.4, 0.5) is 4.39 Å². The van der Waals surface area contributed by atoms with Crippen LogP contribution >= 0.6 is 11.6 Å². The van der Waals surface area contributed by atoms with Crippen molar-refractivity contribution in [2.24, 2.45) is 5.73 Å². The average Bonchev–Trinajstić information content (AvgIpc) is 1.83. The summed E-state index contributed by atoms with van der Waals surface area (Å²) < 4.78 is 11.6. The van der Waals surface area contributed by atoms with E-state index in [0.29, 0.717) is 6.42 Å². The molecular formula is C5H9ClFNO. The van der Waals surface area contributed by atoms with Gasteiger partial charge in [0.25, 0.3) is 0 Å². The predicted molar refractivity (Wildman–Crippen MR) is 34.0 cm³/mol. The molecule has 0 rings (SSSR count). The highest BCUT2D eigenvalue weighted by molar-refractivity contribution is 6.63. The molecule has 9 heavy (non-hydrogen) atoms. The lowest BCUT2D eigenvalue weighted by atomic mass is 10.2. The molecular weight excluding hydrogens is 145 g/mol. The summed E-state index contributed by atoms with van der Waals surface area (Å²) in [6, 6.07) is -0.535. The first-order valence-corrected chi connectivity index (χ1v) is 3.04. The lowest BCUT2D eigenvalue weighted by Crippen LogP contribution is -2.22. The first kappa shape index (κ1) is 8.85. The smallest absolute Gasteiger partial charge is 0.221 e. The Morgan fingerprint density at radius 3 is 2.67 bits per heavy atom. The Balaban J connectivity index is 3.16. The van der Waals surface area contributed by atoms with Crippen LogP contribution in [0.3, 0.4) is 0 Å². The zero-order chi connectivity index (χ0) is 7.28. The van der Waals surface area contributed by atoms with Crippen molar-refractivity contribution < 1.29 is 9.18 Å². The van der Waals surface area contributed by atoms with Gasteiger partial charge in [-0.1, -0.05) is 0 Å². The molecule has 1 unspecified atom stereocenters. The molecule has 0 aliphatic heterocycles. The number of hydrogen-bond acceptors (Lipinski definition) is 2. The van der Waals surface area contributed by atoms with E-state index in [0.717, 1.165) is 0 Å². The van der Waals surface area contributed by atoms with E-state index in [-0.39, 0.29) is 6.42 Å². The van der Waals surface area contributed by atoms with Gasteiger partial charge < -0.3 is 5.73 Å². The Hall–Kier alpha value is -0.150. The summed E-state index contributed by atoms with van der Waals surface area (Å²) in [5, 5.41) is -0.459. The molecule has 0 aliphatic carbocycles. The highest BCUT2D eigenvalue weighted by Gasteiger charge is 2.03. The normalized spacial score (nSPS) is 13.2. The molecule has 0 bridgehead atoms. The van der Waals surface area contributed by atoms with Crippen LogP contribution in [0.5, 0.6) is 0 Å². The van der Waals surface area contributed by atoms with Crippen LogP contribution in [-0.4, -0.2) is 18.0 Å². The molecule has 0 aromatic carbocycles. The molecule has 0 radical (unpaired) electrons. The third kappa shape index (κ3) is 5.73. The van der Waals surface area contributed by atoms with E-state index in [1.807, 2.05) is 0 Å². The topological polar surface area (TPSA) is 43.1 Å². The molecule has 0 aromatic rings. The molecule has 2 N–H and O–H groups in total. The second-order valence-corrected chi connectivity index (χ2v) is 2.23. The van der Waals surface area contributed by atoms with Crippen molar-refractivity contribution in [3.63, 3.8) is 0 Å². The van der Waals surface area contributed by atoms with Crippen molar-refractivity contribution in [1.82, 2.24) is 0 Å². The van der Waals surface area contributed by atoms with Crippen molar-refractivity contribution in [2.75, 3.05) is 6.67 Å². The third-order valence-corrected chi connectivity index (χ3v) is 1.10. The van der Waals surface area contributed by atoms with Gasteiger partial charge in [0, 0.05) is 12.5 Å². The van der Waals surface area contributed by atoms with E-state index in [1.54, 1.807) is 0 Å². The van der Waals surface area contributed by atoms with Gasteiger partial charge in [-0.2, -0.15) is 0 Å². The second kappa shape index (κ2) is 4.70. The van der Waals surface area contributed by atoms with Crippen LogP contribution in [-0.2, 0) is 4.79 Å². The van der Waals surface area contributed by atoms with Gasteiger partial charge in [-0.25, -0.2) is 4.39 Å². The molecule has 0 spiro atoms. The number of carbonyl (C=O) groups excluding carboxylic acids is 1. The number of nitrogens with two attached hydrogens (primary N) is 1. The van der Waals surface area contributed by atoms with Gasteiger partial charge in [-0.15, -0.1) is 0 Å². The van der Waals surface area contributed by atoms with E-state index in [2.05, 4.69) is 0 Å². The van der Waals surface area contributed by atoms with Crippen LogP contribution in [0.25, 0.3) is 0 Å². The van der Waals surface area contributed by atoms with Crippen LogP contribution in [0.15, 0.2) is 0 Å².